The third kappa shape index (κ3) is 6.38. The molecule has 0 fully saturated rings. The molecular formula is C11H23N3O6S. The summed E-state index contributed by atoms with van der Waals surface area (Å²) in [5, 5.41) is 11.5. The predicted octanol–water partition coefficient (Wildman–Crippen LogP) is -1.28. The lowest BCUT2D eigenvalue weighted by molar-refractivity contribution is -0.140. The van der Waals surface area contributed by atoms with Gasteiger partial charge in [-0.15, -0.1) is 0 Å². The fraction of sp³-hybridized carbons (Fsp3) is 0.818. The lowest BCUT2D eigenvalue weighted by Gasteiger charge is -2.30. The van der Waals surface area contributed by atoms with Gasteiger partial charge < -0.3 is 15.2 Å². The van der Waals surface area contributed by atoms with Crippen LogP contribution in [0.2, 0.25) is 0 Å². The summed E-state index contributed by atoms with van der Waals surface area (Å²) >= 11 is 0. The molecule has 1 atom stereocenters. The van der Waals surface area contributed by atoms with Crippen molar-refractivity contribution in [2.24, 2.45) is 0 Å². The smallest absolute Gasteiger partial charge is 0.321 e. The molecule has 0 heterocycles. The normalized spacial score (nSPS) is 13.4. The zero-order valence-electron chi connectivity index (χ0n) is 12.7. The fourth-order valence-corrected chi connectivity index (χ4v) is 2.96. The maximum atomic E-state index is 12.4. The van der Waals surface area contributed by atoms with Crippen LogP contribution in [0.3, 0.4) is 0 Å². The number of carboxylic acids is 1. The van der Waals surface area contributed by atoms with E-state index in [4.69, 9.17) is 9.84 Å². The minimum Gasteiger partial charge on any atom is -0.480 e. The van der Waals surface area contributed by atoms with E-state index in [-0.39, 0.29) is 32.1 Å². The molecule has 0 aromatic rings. The summed E-state index contributed by atoms with van der Waals surface area (Å²) < 4.78 is 31.4. The monoisotopic (exact) mass is 325 g/mol. The van der Waals surface area contributed by atoms with Gasteiger partial charge in [0.25, 0.3) is 10.2 Å². The quantitative estimate of drug-likeness (QED) is 0.517. The molecule has 2 N–H and O–H groups in total. The first-order valence-corrected chi connectivity index (χ1v) is 7.73. The van der Waals surface area contributed by atoms with Gasteiger partial charge >= 0.3 is 5.97 Å². The van der Waals surface area contributed by atoms with Gasteiger partial charge in [0.2, 0.25) is 5.91 Å². The van der Waals surface area contributed by atoms with E-state index in [9.17, 15) is 18.0 Å². The lowest BCUT2D eigenvalue weighted by Crippen LogP contribution is -2.52. The van der Waals surface area contributed by atoms with Gasteiger partial charge in [-0.3, -0.25) is 9.59 Å². The summed E-state index contributed by atoms with van der Waals surface area (Å²) in [6, 6.07) is -1.24. The standard InChI is InChI=1S/C11H23N3O6S/c1-9(11(16)17)14(6-5-12-10(2)15)21(18,19)13(3)7-8-20-4/h9H,5-8H2,1-4H3,(H,12,15)(H,16,17). The Hall–Kier alpha value is -1.23. The molecule has 0 bridgehead atoms. The van der Waals surface area contributed by atoms with Crippen LogP contribution in [0.5, 0.6) is 0 Å². The summed E-state index contributed by atoms with van der Waals surface area (Å²) in [5.74, 6) is -1.58. The van der Waals surface area contributed by atoms with E-state index in [2.05, 4.69) is 5.32 Å². The first-order valence-electron chi connectivity index (χ1n) is 6.33. The highest BCUT2D eigenvalue weighted by molar-refractivity contribution is 7.86. The van der Waals surface area contributed by atoms with Crippen LogP contribution in [-0.2, 0) is 24.5 Å². The van der Waals surface area contributed by atoms with E-state index < -0.39 is 22.2 Å². The Morgan fingerprint density at radius 3 is 2.33 bits per heavy atom. The molecule has 0 aliphatic rings. The SMILES string of the molecule is COCCN(C)S(=O)(=O)N(CCNC(C)=O)C(C)C(=O)O. The Balaban J connectivity index is 5.08. The van der Waals surface area contributed by atoms with Crippen molar-refractivity contribution in [3.63, 3.8) is 0 Å². The number of methoxy groups -OCH3 is 1. The molecule has 1 unspecified atom stereocenters. The third-order valence-electron chi connectivity index (χ3n) is 2.80. The number of ether oxygens (including phenoxy) is 1. The number of nitrogens with one attached hydrogen (secondary N) is 1. The van der Waals surface area contributed by atoms with Crippen LogP contribution in [0.1, 0.15) is 13.8 Å². The average molecular weight is 325 g/mol. The van der Waals surface area contributed by atoms with Gasteiger partial charge in [-0.1, -0.05) is 0 Å². The summed E-state index contributed by atoms with van der Waals surface area (Å²) in [4.78, 5) is 21.9. The molecule has 0 aliphatic carbocycles. The molecule has 0 rings (SSSR count). The van der Waals surface area contributed by atoms with Crippen molar-refractivity contribution in [2.45, 2.75) is 19.9 Å². The van der Waals surface area contributed by atoms with Gasteiger partial charge in [0, 0.05) is 40.7 Å². The molecule has 0 spiro atoms. The number of hydrogen-bond donors (Lipinski definition) is 2. The lowest BCUT2D eigenvalue weighted by atomic mass is 10.3. The van der Waals surface area contributed by atoms with Crippen molar-refractivity contribution >= 4 is 22.1 Å². The number of carbonyl (C=O) groups is 2. The van der Waals surface area contributed by atoms with Crippen molar-refractivity contribution in [3.05, 3.63) is 0 Å². The van der Waals surface area contributed by atoms with Crippen LogP contribution < -0.4 is 5.32 Å². The zero-order valence-corrected chi connectivity index (χ0v) is 13.5. The Morgan fingerprint density at radius 2 is 1.90 bits per heavy atom. The number of aliphatic carboxylic acids is 1. The molecule has 0 saturated carbocycles. The number of nitrogens with zero attached hydrogens (tertiary/aromatic N) is 2. The maximum absolute atomic E-state index is 12.4. The topological polar surface area (TPSA) is 116 Å². The van der Waals surface area contributed by atoms with Crippen molar-refractivity contribution in [3.8, 4) is 0 Å². The van der Waals surface area contributed by atoms with Crippen LogP contribution in [0.15, 0.2) is 0 Å². The van der Waals surface area contributed by atoms with Gasteiger partial charge in [0.1, 0.15) is 6.04 Å². The van der Waals surface area contributed by atoms with E-state index in [1.165, 1.54) is 28.0 Å². The molecule has 0 aromatic heterocycles. The van der Waals surface area contributed by atoms with E-state index in [1.807, 2.05) is 0 Å². The van der Waals surface area contributed by atoms with Gasteiger partial charge in [-0.05, 0) is 6.92 Å². The van der Waals surface area contributed by atoms with Gasteiger partial charge in [0.05, 0.1) is 6.61 Å². The average Bonchev–Trinajstić information content (AvgIpc) is 2.39. The molecule has 0 aliphatic heterocycles. The molecule has 1 amide bonds. The maximum Gasteiger partial charge on any atom is 0.321 e. The van der Waals surface area contributed by atoms with Crippen LogP contribution in [0.4, 0.5) is 0 Å². The minimum absolute atomic E-state index is 0.0320. The van der Waals surface area contributed by atoms with Crippen LogP contribution in [-0.4, -0.2) is 80.5 Å². The molecule has 0 aromatic carbocycles. The molecular weight excluding hydrogens is 302 g/mol. The van der Waals surface area contributed by atoms with Crippen molar-refractivity contribution in [2.75, 3.05) is 40.4 Å². The highest BCUT2D eigenvalue weighted by atomic mass is 32.2. The zero-order chi connectivity index (χ0) is 16.6. The number of likely N-dealkylation sites (N-methyl/N-ethyl adjacent to an activating group) is 1. The summed E-state index contributed by atoms with van der Waals surface area (Å²) in [5.41, 5.74) is 0. The molecule has 124 valence electrons. The third-order valence-corrected chi connectivity index (χ3v) is 4.86. The van der Waals surface area contributed by atoms with Crippen molar-refractivity contribution < 1.29 is 27.9 Å². The number of amides is 1. The van der Waals surface area contributed by atoms with Gasteiger partial charge in [0.15, 0.2) is 0 Å². The highest BCUT2D eigenvalue weighted by Gasteiger charge is 2.34. The van der Waals surface area contributed by atoms with Crippen LogP contribution in [0.25, 0.3) is 0 Å². The Labute approximate surface area is 125 Å². The molecule has 9 nitrogen and oxygen atoms in total. The number of carbonyl (C=O) groups excluding carboxylic acids is 1. The van der Waals surface area contributed by atoms with E-state index in [0.717, 1.165) is 8.61 Å². The summed E-state index contributed by atoms with van der Waals surface area (Å²) in [6.07, 6.45) is 0. The van der Waals surface area contributed by atoms with E-state index >= 15 is 0 Å². The van der Waals surface area contributed by atoms with E-state index in [1.54, 1.807) is 0 Å². The second-order valence-electron chi connectivity index (χ2n) is 4.43. The fourth-order valence-electron chi connectivity index (χ4n) is 1.49. The molecule has 0 radical (unpaired) electrons. The van der Waals surface area contributed by atoms with Crippen LogP contribution in [0, 0.1) is 0 Å². The Kier molecular flexibility index (Phi) is 8.40. The van der Waals surface area contributed by atoms with Crippen molar-refractivity contribution in [1.29, 1.82) is 0 Å². The predicted molar refractivity (Wildman–Crippen MR) is 75.9 cm³/mol. The molecule has 0 saturated heterocycles. The largest absolute Gasteiger partial charge is 0.480 e. The first-order chi connectivity index (χ1) is 9.64. The van der Waals surface area contributed by atoms with Gasteiger partial charge in [-0.25, -0.2) is 0 Å². The second kappa shape index (κ2) is 8.93. The highest BCUT2D eigenvalue weighted by Crippen LogP contribution is 2.11. The number of rotatable bonds is 10. The van der Waals surface area contributed by atoms with Crippen molar-refractivity contribution in [1.82, 2.24) is 13.9 Å². The Morgan fingerprint density at radius 1 is 1.33 bits per heavy atom. The Bertz CT molecular complexity index is 453. The summed E-state index contributed by atoms with van der Waals surface area (Å²) in [6.45, 7) is 2.76. The minimum atomic E-state index is -3.96. The molecule has 10 heteroatoms. The summed E-state index contributed by atoms with van der Waals surface area (Å²) in [7, 11) is -1.18. The van der Waals surface area contributed by atoms with E-state index in [0.29, 0.717) is 0 Å². The number of hydrogen-bond acceptors (Lipinski definition) is 5. The first kappa shape index (κ1) is 19.8. The van der Waals surface area contributed by atoms with Gasteiger partial charge in [-0.2, -0.15) is 17.0 Å². The second-order valence-corrected chi connectivity index (χ2v) is 6.42. The van der Waals surface area contributed by atoms with Crippen LogP contribution >= 0.6 is 0 Å². The number of carboxylic acid groups (broad SMARTS) is 1. The molecule has 21 heavy (non-hydrogen) atoms.